The predicted molar refractivity (Wildman–Crippen MR) is 49.7 cm³/mol. The molecule has 62 valence electrons. The minimum atomic E-state index is -0.132. The Morgan fingerprint density at radius 1 is 1.45 bits per heavy atom. The molecular formula is C8H13NOS. The molecule has 3 heteroatoms. The molecule has 0 saturated heterocycles. The third kappa shape index (κ3) is 2.01. The van der Waals surface area contributed by atoms with Crippen LogP contribution in [0.5, 0.6) is 0 Å². The van der Waals surface area contributed by atoms with Gasteiger partial charge < -0.3 is 10.4 Å². The molecule has 2 N–H and O–H groups in total. The topological polar surface area (TPSA) is 32.3 Å². The van der Waals surface area contributed by atoms with E-state index in [9.17, 15) is 0 Å². The van der Waals surface area contributed by atoms with Gasteiger partial charge in [-0.3, -0.25) is 0 Å². The fraction of sp³-hybridized carbons (Fsp3) is 0.500. The highest BCUT2D eigenvalue weighted by atomic mass is 32.1. The standard InChI is InChI=1S/C8H13NOS/c10-6-4-8(7-11)3-1-2-5-9-8/h1-3,5,9-11H,4,6-7H2. The predicted octanol–water partition coefficient (Wildman–Crippen LogP) is 0.710. The first-order valence-corrected chi connectivity index (χ1v) is 4.30. The van der Waals surface area contributed by atoms with Crippen molar-refractivity contribution >= 4 is 12.6 Å². The van der Waals surface area contributed by atoms with E-state index in [0.717, 1.165) is 0 Å². The van der Waals surface area contributed by atoms with Crippen molar-refractivity contribution in [1.82, 2.24) is 5.32 Å². The zero-order valence-corrected chi connectivity index (χ0v) is 7.22. The highest BCUT2D eigenvalue weighted by Gasteiger charge is 2.23. The lowest BCUT2D eigenvalue weighted by atomic mass is 9.96. The van der Waals surface area contributed by atoms with Crippen LogP contribution in [0.2, 0.25) is 0 Å². The van der Waals surface area contributed by atoms with Crippen LogP contribution in [-0.2, 0) is 0 Å². The molecule has 1 heterocycles. The molecule has 0 saturated carbocycles. The molecule has 0 fully saturated rings. The Morgan fingerprint density at radius 3 is 2.73 bits per heavy atom. The van der Waals surface area contributed by atoms with E-state index < -0.39 is 0 Å². The first-order chi connectivity index (χ1) is 5.33. The molecule has 0 bridgehead atoms. The molecule has 0 radical (unpaired) electrons. The summed E-state index contributed by atoms with van der Waals surface area (Å²) in [6, 6.07) is 0. The molecule has 11 heavy (non-hydrogen) atoms. The molecule has 0 aromatic rings. The number of rotatable bonds is 3. The fourth-order valence-corrected chi connectivity index (χ4v) is 1.44. The zero-order chi connectivity index (χ0) is 8.16. The van der Waals surface area contributed by atoms with E-state index in [1.807, 2.05) is 24.4 Å². The quantitative estimate of drug-likeness (QED) is 0.546. The lowest BCUT2D eigenvalue weighted by molar-refractivity contribution is 0.254. The minimum absolute atomic E-state index is 0.132. The van der Waals surface area contributed by atoms with Gasteiger partial charge in [0.25, 0.3) is 0 Å². The maximum atomic E-state index is 8.78. The van der Waals surface area contributed by atoms with Gasteiger partial charge in [-0.05, 0) is 18.7 Å². The summed E-state index contributed by atoms with van der Waals surface area (Å²) in [5, 5.41) is 12.0. The molecule has 0 aromatic heterocycles. The highest BCUT2D eigenvalue weighted by Crippen LogP contribution is 2.16. The van der Waals surface area contributed by atoms with Crippen LogP contribution in [-0.4, -0.2) is 23.0 Å². The summed E-state index contributed by atoms with van der Waals surface area (Å²) < 4.78 is 0. The van der Waals surface area contributed by atoms with Gasteiger partial charge in [0.2, 0.25) is 0 Å². The van der Waals surface area contributed by atoms with Crippen molar-refractivity contribution in [2.45, 2.75) is 12.0 Å². The largest absolute Gasteiger partial charge is 0.396 e. The third-order valence-electron chi connectivity index (χ3n) is 1.83. The summed E-state index contributed by atoms with van der Waals surface area (Å²) in [5.74, 6) is 0.703. The van der Waals surface area contributed by atoms with Crippen LogP contribution in [0.3, 0.4) is 0 Å². The number of hydrogen-bond donors (Lipinski definition) is 3. The lowest BCUT2D eigenvalue weighted by Gasteiger charge is -2.30. The van der Waals surface area contributed by atoms with Crippen LogP contribution < -0.4 is 5.32 Å². The van der Waals surface area contributed by atoms with Crippen molar-refractivity contribution in [3.05, 3.63) is 24.4 Å². The number of aliphatic hydroxyl groups is 1. The van der Waals surface area contributed by atoms with Crippen molar-refractivity contribution in [2.75, 3.05) is 12.4 Å². The summed E-state index contributed by atoms with van der Waals surface area (Å²) in [4.78, 5) is 0. The monoisotopic (exact) mass is 171 g/mol. The minimum Gasteiger partial charge on any atom is -0.396 e. The van der Waals surface area contributed by atoms with Gasteiger partial charge in [0.1, 0.15) is 0 Å². The van der Waals surface area contributed by atoms with Crippen molar-refractivity contribution in [3.8, 4) is 0 Å². The van der Waals surface area contributed by atoms with E-state index >= 15 is 0 Å². The van der Waals surface area contributed by atoms with Crippen LogP contribution in [0.1, 0.15) is 6.42 Å². The number of nitrogens with one attached hydrogen (secondary N) is 1. The summed E-state index contributed by atoms with van der Waals surface area (Å²) >= 11 is 4.22. The molecule has 1 aliphatic heterocycles. The number of thiol groups is 1. The first kappa shape index (κ1) is 8.68. The Morgan fingerprint density at radius 2 is 2.27 bits per heavy atom. The van der Waals surface area contributed by atoms with Crippen molar-refractivity contribution < 1.29 is 5.11 Å². The summed E-state index contributed by atoms with van der Waals surface area (Å²) in [6.45, 7) is 0.186. The molecule has 1 unspecified atom stereocenters. The van der Waals surface area contributed by atoms with Crippen molar-refractivity contribution in [2.24, 2.45) is 0 Å². The van der Waals surface area contributed by atoms with Crippen molar-refractivity contribution in [3.63, 3.8) is 0 Å². The van der Waals surface area contributed by atoms with Crippen LogP contribution in [0.25, 0.3) is 0 Å². The maximum Gasteiger partial charge on any atom is 0.0663 e. The molecule has 0 amide bonds. The fourth-order valence-electron chi connectivity index (χ4n) is 1.09. The average Bonchev–Trinajstić information content (AvgIpc) is 2.07. The van der Waals surface area contributed by atoms with Crippen LogP contribution in [0.15, 0.2) is 24.4 Å². The van der Waals surface area contributed by atoms with Gasteiger partial charge in [-0.1, -0.05) is 12.2 Å². The van der Waals surface area contributed by atoms with E-state index in [-0.39, 0.29) is 12.1 Å². The van der Waals surface area contributed by atoms with Crippen LogP contribution in [0, 0.1) is 0 Å². The van der Waals surface area contributed by atoms with Gasteiger partial charge in [0.05, 0.1) is 5.54 Å². The maximum absolute atomic E-state index is 8.78. The van der Waals surface area contributed by atoms with Gasteiger partial charge in [0, 0.05) is 12.4 Å². The van der Waals surface area contributed by atoms with Gasteiger partial charge in [-0.25, -0.2) is 0 Å². The Kier molecular flexibility index (Phi) is 3.02. The first-order valence-electron chi connectivity index (χ1n) is 3.67. The Labute approximate surface area is 72.4 Å². The molecule has 0 aliphatic carbocycles. The van der Waals surface area contributed by atoms with E-state index in [4.69, 9.17) is 5.11 Å². The molecule has 1 aliphatic rings. The van der Waals surface area contributed by atoms with E-state index in [0.29, 0.717) is 12.2 Å². The van der Waals surface area contributed by atoms with E-state index in [2.05, 4.69) is 17.9 Å². The molecular weight excluding hydrogens is 158 g/mol. The molecule has 1 atom stereocenters. The Hall–Kier alpha value is -0.410. The summed E-state index contributed by atoms with van der Waals surface area (Å²) in [7, 11) is 0. The molecule has 2 nitrogen and oxygen atoms in total. The number of hydrogen-bond acceptors (Lipinski definition) is 3. The molecule has 0 spiro atoms. The van der Waals surface area contributed by atoms with Gasteiger partial charge >= 0.3 is 0 Å². The SMILES string of the molecule is OCCC1(CS)C=CC=CN1. The highest BCUT2D eigenvalue weighted by molar-refractivity contribution is 7.80. The van der Waals surface area contributed by atoms with Gasteiger partial charge in [0.15, 0.2) is 0 Å². The second kappa shape index (κ2) is 3.83. The third-order valence-corrected chi connectivity index (χ3v) is 2.40. The smallest absolute Gasteiger partial charge is 0.0663 e. The normalized spacial score (nSPS) is 28.5. The average molecular weight is 171 g/mol. The second-order valence-electron chi connectivity index (χ2n) is 2.65. The number of aliphatic hydroxyl groups excluding tert-OH is 1. The molecule has 1 rings (SSSR count). The van der Waals surface area contributed by atoms with E-state index in [1.165, 1.54) is 0 Å². The number of dihydropyridines is 1. The van der Waals surface area contributed by atoms with Crippen LogP contribution in [0.4, 0.5) is 0 Å². The van der Waals surface area contributed by atoms with Crippen molar-refractivity contribution in [1.29, 1.82) is 0 Å². The van der Waals surface area contributed by atoms with Crippen LogP contribution >= 0.6 is 12.6 Å². The second-order valence-corrected chi connectivity index (χ2v) is 2.97. The lowest BCUT2D eigenvalue weighted by Crippen LogP contribution is -2.44. The molecule has 0 aromatic carbocycles. The van der Waals surface area contributed by atoms with E-state index in [1.54, 1.807) is 0 Å². The summed E-state index contributed by atoms with van der Waals surface area (Å²) in [5.41, 5.74) is -0.132. The van der Waals surface area contributed by atoms with Gasteiger partial charge in [-0.2, -0.15) is 12.6 Å². The summed E-state index contributed by atoms with van der Waals surface area (Å²) in [6.07, 6.45) is 8.53. The Balaban J connectivity index is 2.60. The Bertz CT molecular complexity index is 179. The number of allylic oxidation sites excluding steroid dienone is 2. The van der Waals surface area contributed by atoms with Gasteiger partial charge in [-0.15, -0.1) is 0 Å². The zero-order valence-electron chi connectivity index (χ0n) is 6.33.